The zero-order valence-electron chi connectivity index (χ0n) is 12.4. The van der Waals surface area contributed by atoms with E-state index in [0.29, 0.717) is 0 Å². The summed E-state index contributed by atoms with van der Waals surface area (Å²) in [6, 6.07) is 4.01. The highest BCUT2D eigenvalue weighted by Crippen LogP contribution is 2.27. The number of nitrogens with one attached hydrogen (secondary N) is 1. The topological polar surface area (TPSA) is 53.9 Å². The molecule has 0 spiro atoms. The van der Waals surface area contributed by atoms with E-state index in [1.165, 1.54) is 0 Å². The van der Waals surface area contributed by atoms with E-state index >= 15 is 0 Å². The van der Waals surface area contributed by atoms with E-state index in [0.717, 1.165) is 37.1 Å². The summed E-state index contributed by atoms with van der Waals surface area (Å²) in [6.07, 6.45) is 3.75. The summed E-state index contributed by atoms with van der Waals surface area (Å²) < 4.78 is 1.84. The monoisotopic (exact) mass is 274 g/mol. The van der Waals surface area contributed by atoms with E-state index in [2.05, 4.69) is 35.6 Å². The van der Waals surface area contributed by atoms with Crippen LogP contribution in [0.1, 0.15) is 39.7 Å². The van der Waals surface area contributed by atoms with Crippen LogP contribution in [0.15, 0.2) is 23.1 Å². The average molecular weight is 274 g/mol. The number of nitrogens with zero attached hydrogens (tertiary/aromatic N) is 3. The van der Waals surface area contributed by atoms with Gasteiger partial charge in [-0.2, -0.15) is 0 Å². The fraction of sp³-hybridized carbons (Fsp3) is 0.600. The molecule has 0 atom stereocenters. The van der Waals surface area contributed by atoms with Gasteiger partial charge in [-0.1, -0.05) is 0 Å². The molecule has 3 heterocycles. The normalized spacial score (nSPS) is 18.8. The molecule has 20 heavy (non-hydrogen) atoms. The van der Waals surface area contributed by atoms with Crippen molar-refractivity contribution in [3.8, 4) is 0 Å². The molecule has 1 aliphatic heterocycles. The van der Waals surface area contributed by atoms with Crippen molar-refractivity contribution < 1.29 is 0 Å². The van der Waals surface area contributed by atoms with Crippen molar-refractivity contribution in [1.29, 1.82) is 0 Å². The Labute approximate surface area is 118 Å². The fourth-order valence-electron chi connectivity index (χ4n) is 3.09. The van der Waals surface area contributed by atoms with Gasteiger partial charge in [-0.15, -0.1) is 0 Å². The molecule has 2 aromatic rings. The van der Waals surface area contributed by atoms with Crippen molar-refractivity contribution in [1.82, 2.24) is 19.4 Å². The van der Waals surface area contributed by atoms with Gasteiger partial charge in [0.25, 0.3) is 0 Å². The van der Waals surface area contributed by atoms with E-state index < -0.39 is 0 Å². The first-order valence-electron chi connectivity index (χ1n) is 7.27. The third-order valence-electron chi connectivity index (χ3n) is 4.25. The van der Waals surface area contributed by atoms with Crippen LogP contribution >= 0.6 is 0 Å². The fourth-order valence-corrected chi connectivity index (χ4v) is 3.09. The zero-order chi connectivity index (χ0) is 14.3. The Hall–Kier alpha value is -1.62. The van der Waals surface area contributed by atoms with Gasteiger partial charge >= 0.3 is 5.69 Å². The van der Waals surface area contributed by atoms with Gasteiger partial charge in [-0.05, 0) is 45.7 Å². The second-order valence-corrected chi connectivity index (χ2v) is 6.56. The molecule has 5 nitrogen and oxygen atoms in total. The zero-order valence-corrected chi connectivity index (χ0v) is 12.4. The number of imidazole rings is 1. The number of pyridine rings is 1. The predicted molar refractivity (Wildman–Crippen MR) is 80.0 cm³/mol. The van der Waals surface area contributed by atoms with Gasteiger partial charge in [-0.3, -0.25) is 9.47 Å². The Balaban J connectivity index is 1.87. The first-order valence-corrected chi connectivity index (χ1v) is 7.27. The lowest BCUT2D eigenvalue weighted by Crippen LogP contribution is -2.47. The Bertz CT molecular complexity index is 656. The molecule has 5 heteroatoms. The lowest BCUT2D eigenvalue weighted by atomic mass is 9.98. The van der Waals surface area contributed by atoms with E-state index in [4.69, 9.17) is 0 Å². The summed E-state index contributed by atoms with van der Waals surface area (Å²) in [4.78, 5) is 21.9. The molecule has 2 aromatic heterocycles. The Morgan fingerprint density at radius 3 is 2.65 bits per heavy atom. The molecule has 108 valence electrons. The van der Waals surface area contributed by atoms with E-state index in [9.17, 15) is 4.79 Å². The number of rotatable bonds is 1. The number of hydrogen-bond acceptors (Lipinski definition) is 3. The third kappa shape index (κ3) is 2.26. The van der Waals surface area contributed by atoms with Crippen LogP contribution in [0.2, 0.25) is 0 Å². The van der Waals surface area contributed by atoms with Crippen molar-refractivity contribution in [2.45, 2.75) is 45.2 Å². The SMILES string of the molecule is CC(C)(C)N1CCC(n2c(=O)[nH]c3cccnc32)CC1. The van der Waals surface area contributed by atoms with Crippen LogP contribution in [0.25, 0.3) is 11.2 Å². The largest absolute Gasteiger partial charge is 0.327 e. The predicted octanol–water partition coefficient (Wildman–Crippen LogP) is 2.16. The average Bonchev–Trinajstić information content (AvgIpc) is 2.73. The second-order valence-electron chi connectivity index (χ2n) is 6.56. The maximum Gasteiger partial charge on any atom is 0.327 e. The van der Waals surface area contributed by atoms with Crippen LogP contribution in [-0.4, -0.2) is 38.1 Å². The summed E-state index contributed by atoms with van der Waals surface area (Å²) in [5.41, 5.74) is 1.78. The molecule has 0 aliphatic carbocycles. The van der Waals surface area contributed by atoms with E-state index in [-0.39, 0.29) is 17.3 Å². The minimum Gasteiger partial charge on any atom is -0.304 e. The number of piperidine rings is 1. The lowest BCUT2D eigenvalue weighted by molar-refractivity contribution is 0.0899. The van der Waals surface area contributed by atoms with Gasteiger partial charge in [0.2, 0.25) is 0 Å². The lowest BCUT2D eigenvalue weighted by Gasteiger charge is -2.41. The van der Waals surface area contributed by atoms with Crippen molar-refractivity contribution >= 4 is 11.2 Å². The van der Waals surface area contributed by atoms with E-state index in [1.54, 1.807) is 6.20 Å². The van der Waals surface area contributed by atoms with Crippen molar-refractivity contribution in [2.75, 3.05) is 13.1 Å². The quantitative estimate of drug-likeness (QED) is 0.867. The van der Waals surface area contributed by atoms with Gasteiger partial charge in [0.05, 0.1) is 5.52 Å². The third-order valence-corrected chi connectivity index (χ3v) is 4.25. The maximum atomic E-state index is 12.2. The molecule has 0 radical (unpaired) electrons. The minimum absolute atomic E-state index is 0.0343. The molecule has 1 aliphatic rings. The molecule has 1 saturated heterocycles. The molecule has 0 aromatic carbocycles. The molecular weight excluding hydrogens is 252 g/mol. The minimum atomic E-state index is -0.0343. The Kier molecular flexibility index (Phi) is 3.17. The maximum absolute atomic E-state index is 12.2. The van der Waals surface area contributed by atoms with Crippen LogP contribution in [-0.2, 0) is 0 Å². The number of fused-ring (bicyclic) bond motifs is 1. The highest BCUT2D eigenvalue weighted by molar-refractivity contribution is 5.70. The standard InChI is InChI=1S/C15H22N4O/c1-15(2,3)18-9-6-11(7-10-18)19-13-12(17-14(19)20)5-4-8-16-13/h4-5,8,11H,6-7,9-10H2,1-3H3,(H,17,20). The molecule has 0 saturated carbocycles. The smallest absolute Gasteiger partial charge is 0.304 e. The van der Waals surface area contributed by atoms with Gasteiger partial charge < -0.3 is 4.98 Å². The number of hydrogen-bond donors (Lipinski definition) is 1. The van der Waals surface area contributed by atoms with Crippen LogP contribution in [0, 0.1) is 0 Å². The van der Waals surface area contributed by atoms with Crippen LogP contribution < -0.4 is 5.69 Å². The summed E-state index contributed by atoms with van der Waals surface area (Å²) in [5.74, 6) is 0. The van der Waals surface area contributed by atoms with Crippen molar-refractivity contribution in [3.05, 3.63) is 28.8 Å². The summed E-state index contributed by atoms with van der Waals surface area (Å²) in [5, 5.41) is 0. The molecule has 1 N–H and O–H groups in total. The van der Waals surface area contributed by atoms with Crippen molar-refractivity contribution in [2.24, 2.45) is 0 Å². The van der Waals surface area contributed by atoms with Gasteiger partial charge in [-0.25, -0.2) is 9.78 Å². The first kappa shape index (κ1) is 13.4. The van der Waals surface area contributed by atoms with Crippen LogP contribution in [0.4, 0.5) is 0 Å². The molecule has 0 amide bonds. The summed E-state index contributed by atoms with van der Waals surface area (Å²) >= 11 is 0. The van der Waals surface area contributed by atoms with Gasteiger partial charge in [0.15, 0.2) is 5.65 Å². The van der Waals surface area contributed by atoms with Gasteiger partial charge in [0.1, 0.15) is 0 Å². The molecule has 0 bridgehead atoms. The number of aromatic nitrogens is 3. The highest BCUT2D eigenvalue weighted by atomic mass is 16.1. The van der Waals surface area contributed by atoms with Crippen LogP contribution in [0.3, 0.4) is 0 Å². The van der Waals surface area contributed by atoms with E-state index in [1.807, 2.05) is 16.7 Å². The van der Waals surface area contributed by atoms with Crippen LogP contribution in [0.5, 0.6) is 0 Å². The molecule has 0 unspecified atom stereocenters. The summed E-state index contributed by atoms with van der Waals surface area (Å²) in [7, 11) is 0. The molecular formula is C15H22N4O. The highest BCUT2D eigenvalue weighted by Gasteiger charge is 2.29. The Morgan fingerprint density at radius 1 is 1.30 bits per heavy atom. The number of H-pyrrole nitrogens is 1. The van der Waals surface area contributed by atoms with Crippen molar-refractivity contribution in [3.63, 3.8) is 0 Å². The summed E-state index contributed by atoms with van der Waals surface area (Å²) in [6.45, 7) is 8.78. The van der Waals surface area contributed by atoms with Gasteiger partial charge in [0, 0.05) is 30.9 Å². The molecule has 3 rings (SSSR count). The second kappa shape index (κ2) is 4.74. The number of likely N-dealkylation sites (tertiary alicyclic amines) is 1. The Morgan fingerprint density at radius 2 is 2.00 bits per heavy atom. The first-order chi connectivity index (χ1) is 9.47. The molecule has 1 fully saturated rings. The number of aromatic amines is 1.